The Morgan fingerprint density at radius 1 is 0.971 bits per heavy atom. The van der Waals surface area contributed by atoms with E-state index < -0.39 is 12.0 Å². The van der Waals surface area contributed by atoms with Crippen LogP contribution in [-0.2, 0) is 16.1 Å². The summed E-state index contributed by atoms with van der Waals surface area (Å²) in [6.45, 7) is 4.22. The Bertz CT molecular complexity index is 1260. The van der Waals surface area contributed by atoms with Gasteiger partial charge in [-0.3, -0.25) is 4.79 Å². The van der Waals surface area contributed by atoms with Crippen molar-refractivity contribution in [3.05, 3.63) is 82.9 Å². The zero-order chi connectivity index (χ0) is 25.1. The van der Waals surface area contributed by atoms with Crippen molar-refractivity contribution in [2.24, 2.45) is 5.92 Å². The predicted molar refractivity (Wildman–Crippen MR) is 144 cm³/mol. The Morgan fingerprint density at radius 3 is 2.11 bits per heavy atom. The maximum atomic E-state index is 13.2. The van der Waals surface area contributed by atoms with Crippen LogP contribution in [0.1, 0.15) is 29.8 Å². The second-order valence-electron chi connectivity index (χ2n) is 8.68. The first kappa shape index (κ1) is 24.7. The Labute approximate surface area is 215 Å². The van der Waals surface area contributed by atoms with E-state index >= 15 is 0 Å². The van der Waals surface area contributed by atoms with Crippen molar-refractivity contribution >= 4 is 52.2 Å². The van der Waals surface area contributed by atoms with Gasteiger partial charge in [0.25, 0.3) is 5.91 Å². The third-order valence-corrected chi connectivity index (χ3v) is 6.39. The number of hydrogen-bond acceptors (Lipinski definition) is 4. The molecule has 0 fully saturated rings. The normalized spacial score (nSPS) is 13.4. The lowest BCUT2D eigenvalue weighted by Crippen LogP contribution is -2.45. The fourth-order valence-electron chi connectivity index (χ4n) is 4.18. The highest BCUT2D eigenvalue weighted by molar-refractivity contribution is 7.80. The van der Waals surface area contributed by atoms with Crippen LogP contribution < -0.4 is 10.6 Å². The molecule has 0 radical (unpaired) electrons. The summed E-state index contributed by atoms with van der Waals surface area (Å²) in [5, 5.41) is 7.40. The number of nitrogens with one attached hydrogen (secondary N) is 2. The van der Waals surface area contributed by atoms with Crippen LogP contribution in [0.3, 0.4) is 0 Å². The van der Waals surface area contributed by atoms with Crippen LogP contribution in [0.4, 0.5) is 11.4 Å². The predicted octanol–water partition coefficient (Wildman–Crippen LogP) is 5.97. The summed E-state index contributed by atoms with van der Waals surface area (Å²) in [6, 6.07) is 20.3. The molecule has 3 aromatic carbocycles. The highest BCUT2D eigenvalue weighted by atomic mass is 35.5. The summed E-state index contributed by atoms with van der Waals surface area (Å²) in [4.78, 5) is 27.1. The van der Waals surface area contributed by atoms with Gasteiger partial charge in [-0.2, -0.15) is 0 Å². The lowest BCUT2D eigenvalue weighted by Gasteiger charge is -2.28. The molecule has 1 atom stereocenters. The monoisotopic (exact) mass is 507 g/mol. The van der Waals surface area contributed by atoms with E-state index in [1.165, 1.54) is 7.11 Å². The molecular formula is C27H26ClN3O3S. The molecule has 0 unspecified atom stereocenters. The number of thiocarbonyl (C=S) groups is 1. The number of esters is 1. The van der Waals surface area contributed by atoms with E-state index in [1.54, 1.807) is 17.0 Å². The Hall–Kier alpha value is -3.42. The quantitative estimate of drug-likeness (QED) is 0.316. The largest absolute Gasteiger partial charge is 0.467 e. The van der Waals surface area contributed by atoms with E-state index in [1.807, 2.05) is 68.4 Å². The number of fused-ring (bicyclic) bond motifs is 1. The standard InChI is InChI=1S/C27H26ClN3O3S/c1-16(2)24(26(33)34-3)31-15-19-5-4-18(14-23(19)25(31)32)17-6-10-21(11-7-17)29-27(35)30-22-12-8-20(28)9-13-22/h4-14,16,24H,15H2,1-3H3,(H2,29,30,35)/t24-/m0/s1. The van der Waals surface area contributed by atoms with Gasteiger partial charge in [-0.25, -0.2) is 4.79 Å². The molecule has 0 bridgehead atoms. The second-order valence-corrected chi connectivity index (χ2v) is 9.53. The lowest BCUT2D eigenvalue weighted by atomic mass is 10.00. The lowest BCUT2D eigenvalue weighted by molar-refractivity contribution is -0.147. The van der Waals surface area contributed by atoms with E-state index in [-0.39, 0.29) is 11.8 Å². The molecule has 1 aliphatic heterocycles. The molecule has 180 valence electrons. The van der Waals surface area contributed by atoms with Crippen molar-refractivity contribution in [1.29, 1.82) is 0 Å². The number of nitrogens with zero attached hydrogens (tertiary/aromatic N) is 1. The van der Waals surface area contributed by atoms with Crippen LogP contribution in [0.5, 0.6) is 0 Å². The van der Waals surface area contributed by atoms with Gasteiger partial charge in [0.2, 0.25) is 0 Å². The second kappa shape index (κ2) is 10.5. The van der Waals surface area contributed by atoms with Crippen molar-refractivity contribution in [1.82, 2.24) is 4.90 Å². The zero-order valence-electron chi connectivity index (χ0n) is 19.7. The molecule has 0 aromatic heterocycles. The van der Waals surface area contributed by atoms with Gasteiger partial charge in [-0.15, -0.1) is 0 Å². The molecule has 6 nitrogen and oxygen atoms in total. The third kappa shape index (κ3) is 5.47. The van der Waals surface area contributed by atoms with Gasteiger partial charge in [-0.05, 0) is 77.3 Å². The van der Waals surface area contributed by atoms with E-state index in [0.717, 1.165) is 28.1 Å². The van der Waals surface area contributed by atoms with Crippen LogP contribution in [-0.4, -0.2) is 35.0 Å². The van der Waals surface area contributed by atoms with Crippen LogP contribution in [0.15, 0.2) is 66.7 Å². The molecule has 8 heteroatoms. The molecule has 0 saturated heterocycles. The molecule has 4 rings (SSSR count). The number of ether oxygens (including phenoxy) is 1. The summed E-state index contributed by atoms with van der Waals surface area (Å²) in [5.74, 6) is -0.601. The fourth-order valence-corrected chi connectivity index (χ4v) is 4.54. The Morgan fingerprint density at radius 2 is 1.54 bits per heavy atom. The van der Waals surface area contributed by atoms with E-state index in [9.17, 15) is 9.59 Å². The molecule has 35 heavy (non-hydrogen) atoms. The van der Waals surface area contributed by atoms with Crippen LogP contribution in [0.2, 0.25) is 5.02 Å². The SMILES string of the molecule is COC(=O)[C@H](C(C)C)N1Cc2ccc(-c3ccc(NC(=S)Nc4ccc(Cl)cc4)cc3)cc2C1=O. The fraction of sp³-hybridized carbons (Fsp3) is 0.222. The van der Waals surface area contributed by atoms with Gasteiger partial charge in [0.15, 0.2) is 5.11 Å². The number of hydrogen-bond donors (Lipinski definition) is 2. The number of halogens is 1. The van der Waals surface area contributed by atoms with Gasteiger partial charge >= 0.3 is 5.97 Å². The van der Waals surface area contributed by atoms with Gasteiger partial charge < -0.3 is 20.3 Å². The van der Waals surface area contributed by atoms with Crippen LogP contribution in [0, 0.1) is 5.92 Å². The van der Waals surface area contributed by atoms with Crippen molar-refractivity contribution in [3.63, 3.8) is 0 Å². The maximum Gasteiger partial charge on any atom is 0.328 e. The summed E-state index contributed by atoms with van der Waals surface area (Å²) in [6.07, 6.45) is 0. The van der Waals surface area contributed by atoms with Gasteiger partial charge in [0.05, 0.1) is 7.11 Å². The molecule has 1 amide bonds. The van der Waals surface area contributed by atoms with Crippen molar-refractivity contribution in [3.8, 4) is 11.1 Å². The first-order chi connectivity index (χ1) is 16.8. The number of amides is 1. The smallest absolute Gasteiger partial charge is 0.328 e. The number of benzene rings is 3. The first-order valence-electron chi connectivity index (χ1n) is 11.2. The molecule has 0 aliphatic carbocycles. The van der Waals surface area contributed by atoms with Crippen LogP contribution >= 0.6 is 23.8 Å². The van der Waals surface area contributed by atoms with Crippen molar-refractivity contribution in [2.45, 2.75) is 26.4 Å². The minimum absolute atomic E-state index is 0.0551. The summed E-state index contributed by atoms with van der Waals surface area (Å²) in [7, 11) is 1.35. The van der Waals surface area contributed by atoms with E-state index in [0.29, 0.717) is 22.2 Å². The van der Waals surface area contributed by atoms with Crippen molar-refractivity contribution in [2.75, 3.05) is 17.7 Å². The summed E-state index contributed by atoms with van der Waals surface area (Å²) < 4.78 is 4.95. The minimum atomic E-state index is -0.612. The van der Waals surface area contributed by atoms with Crippen molar-refractivity contribution < 1.29 is 14.3 Å². The number of methoxy groups -OCH3 is 1. The van der Waals surface area contributed by atoms with Gasteiger partial charge in [-0.1, -0.05) is 49.7 Å². The third-order valence-electron chi connectivity index (χ3n) is 5.93. The average molecular weight is 508 g/mol. The summed E-state index contributed by atoms with van der Waals surface area (Å²) in [5.41, 5.74) is 5.09. The molecule has 3 aromatic rings. The number of carbonyl (C=O) groups is 2. The minimum Gasteiger partial charge on any atom is -0.467 e. The zero-order valence-corrected chi connectivity index (χ0v) is 21.2. The summed E-state index contributed by atoms with van der Waals surface area (Å²) >= 11 is 11.3. The number of rotatable bonds is 6. The highest BCUT2D eigenvalue weighted by Gasteiger charge is 2.38. The Kier molecular flexibility index (Phi) is 7.38. The molecule has 1 aliphatic rings. The topological polar surface area (TPSA) is 70.7 Å². The van der Waals surface area contributed by atoms with Gasteiger partial charge in [0, 0.05) is 28.5 Å². The van der Waals surface area contributed by atoms with E-state index in [2.05, 4.69) is 10.6 Å². The molecule has 2 N–H and O–H groups in total. The number of carbonyl (C=O) groups excluding carboxylic acids is 2. The number of anilines is 2. The molecular weight excluding hydrogens is 482 g/mol. The average Bonchev–Trinajstić information content (AvgIpc) is 3.16. The molecule has 0 saturated carbocycles. The highest BCUT2D eigenvalue weighted by Crippen LogP contribution is 2.32. The van der Waals surface area contributed by atoms with Crippen LogP contribution in [0.25, 0.3) is 11.1 Å². The first-order valence-corrected chi connectivity index (χ1v) is 12.0. The molecule has 1 heterocycles. The Balaban J connectivity index is 1.46. The maximum absolute atomic E-state index is 13.2. The van der Waals surface area contributed by atoms with Gasteiger partial charge in [0.1, 0.15) is 6.04 Å². The molecule has 0 spiro atoms. The van der Waals surface area contributed by atoms with E-state index in [4.69, 9.17) is 28.6 Å².